The number of rotatable bonds is 5. The van der Waals surface area contributed by atoms with Crippen molar-refractivity contribution >= 4 is 11.5 Å². The molecule has 1 aromatic carbocycles. The van der Waals surface area contributed by atoms with Crippen LogP contribution in [0.3, 0.4) is 0 Å². The first kappa shape index (κ1) is 19.3. The van der Waals surface area contributed by atoms with Gasteiger partial charge in [-0.05, 0) is 24.1 Å². The predicted octanol–water partition coefficient (Wildman–Crippen LogP) is 4.06. The molecule has 2 rings (SSSR count). The molecule has 1 N–H and O–H groups in total. The van der Waals surface area contributed by atoms with Crippen LogP contribution in [0.2, 0.25) is 0 Å². The highest BCUT2D eigenvalue weighted by Crippen LogP contribution is 2.31. The van der Waals surface area contributed by atoms with E-state index in [2.05, 4.69) is 9.72 Å². The normalized spacial score (nSPS) is 12.0. The first-order chi connectivity index (χ1) is 12.3. The average Bonchev–Trinajstić information content (AvgIpc) is 2.60. The Kier molecular flexibility index (Phi) is 5.86. The molecule has 2 aromatic rings. The number of pyridine rings is 1. The standard InChI is InChI=1S/C18H16F3NO4/c1-11-7-13(18(19,20)21)8-16(22-11)26-10-12-5-3-4-6-14(12)15(9-23)17(24)25-2/h3-9,23H,10H2,1-2H3. The van der Waals surface area contributed by atoms with E-state index in [0.717, 1.165) is 12.1 Å². The molecule has 8 heteroatoms. The van der Waals surface area contributed by atoms with Crippen molar-refractivity contribution in [3.05, 3.63) is 65.0 Å². The minimum atomic E-state index is -4.51. The van der Waals surface area contributed by atoms with Crippen LogP contribution in [-0.4, -0.2) is 23.2 Å². The van der Waals surface area contributed by atoms with Crippen molar-refractivity contribution in [3.63, 3.8) is 0 Å². The van der Waals surface area contributed by atoms with Gasteiger partial charge in [-0.2, -0.15) is 13.2 Å². The number of aromatic nitrogens is 1. The summed E-state index contributed by atoms with van der Waals surface area (Å²) in [5.41, 5.74) is 0.00731. The third-order valence-electron chi connectivity index (χ3n) is 3.47. The van der Waals surface area contributed by atoms with Crippen LogP contribution in [0.5, 0.6) is 5.88 Å². The monoisotopic (exact) mass is 367 g/mol. The highest BCUT2D eigenvalue weighted by molar-refractivity contribution is 6.16. The summed E-state index contributed by atoms with van der Waals surface area (Å²) < 4.78 is 48.6. The van der Waals surface area contributed by atoms with Crippen LogP contribution in [0, 0.1) is 6.92 Å². The lowest BCUT2D eigenvalue weighted by atomic mass is 10.0. The van der Waals surface area contributed by atoms with Gasteiger partial charge in [0.15, 0.2) is 0 Å². The molecule has 0 radical (unpaired) electrons. The summed E-state index contributed by atoms with van der Waals surface area (Å²) in [7, 11) is 1.17. The Morgan fingerprint density at radius 2 is 1.96 bits per heavy atom. The number of methoxy groups -OCH3 is 1. The van der Waals surface area contributed by atoms with Crippen molar-refractivity contribution in [2.75, 3.05) is 7.11 Å². The van der Waals surface area contributed by atoms with Crippen LogP contribution in [-0.2, 0) is 22.3 Å². The largest absolute Gasteiger partial charge is 0.515 e. The first-order valence-electron chi connectivity index (χ1n) is 7.46. The van der Waals surface area contributed by atoms with Crippen LogP contribution in [0.1, 0.15) is 22.4 Å². The fourth-order valence-electron chi connectivity index (χ4n) is 2.28. The van der Waals surface area contributed by atoms with E-state index in [4.69, 9.17) is 4.74 Å². The van der Waals surface area contributed by atoms with Crippen molar-refractivity contribution in [2.45, 2.75) is 19.7 Å². The third kappa shape index (κ3) is 4.53. The molecule has 1 heterocycles. The second kappa shape index (κ2) is 7.90. The van der Waals surface area contributed by atoms with E-state index in [1.807, 2.05) is 0 Å². The number of carbonyl (C=O) groups excluding carboxylic acids is 1. The number of esters is 1. The van der Waals surface area contributed by atoms with Gasteiger partial charge in [-0.25, -0.2) is 9.78 Å². The lowest BCUT2D eigenvalue weighted by Crippen LogP contribution is -2.09. The molecule has 0 unspecified atom stereocenters. The molecular formula is C18H16F3NO4. The van der Waals surface area contributed by atoms with E-state index < -0.39 is 17.7 Å². The molecule has 0 aliphatic heterocycles. The highest BCUT2D eigenvalue weighted by atomic mass is 19.4. The van der Waals surface area contributed by atoms with Crippen LogP contribution in [0.4, 0.5) is 13.2 Å². The highest BCUT2D eigenvalue weighted by Gasteiger charge is 2.31. The Balaban J connectivity index is 2.29. The fourth-order valence-corrected chi connectivity index (χ4v) is 2.28. The summed E-state index contributed by atoms with van der Waals surface area (Å²) >= 11 is 0. The Bertz CT molecular complexity index is 831. The van der Waals surface area contributed by atoms with Crippen molar-refractivity contribution in [1.82, 2.24) is 4.98 Å². The summed E-state index contributed by atoms with van der Waals surface area (Å²) in [6.45, 7) is 1.28. The van der Waals surface area contributed by atoms with Crippen LogP contribution in [0.25, 0.3) is 5.57 Å². The molecule has 0 fully saturated rings. The van der Waals surface area contributed by atoms with Crippen LogP contribution in [0.15, 0.2) is 42.7 Å². The maximum Gasteiger partial charge on any atom is 0.416 e. The molecule has 0 saturated carbocycles. The molecule has 1 aromatic heterocycles. The Morgan fingerprint density at radius 3 is 2.58 bits per heavy atom. The average molecular weight is 367 g/mol. The van der Waals surface area contributed by atoms with Gasteiger partial charge in [0.2, 0.25) is 5.88 Å². The number of ether oxygens (including phenoxy) is 2. The van der Waals surface area contributed by atoms with E-state index >= 15 is 0 Å². The van der Waals surface area contributed by atoms with Gasteiger partial charge in [-0.1, -0.05) is 24.3 Å². The van der Waals surface area contributed by atoms with Crippen LogP contribution >= 0.6 is 0 Å². The number of aliphatic hydroxyl groups is 1. The Hall–Kier alpha value is -3.03. The number of carbonyl (C=O) groups is 1. The van der Waals surface area contributed by atoms with Crippen molar-refractivity contribution < 1.29 is 32.5 Å². The van der Waals surface area contributed by atoms with Gasteiger partial charge in [-0.15, -0.1) is 0 Å². The lowest BCUT2D eigenvalue weighted by molar-refractivity contribution is -0.138. The molecule has 0 bridgehead atoms. The minimum absolute atomic E-state index is 0.0973. The quantitative estimate of drug-likeness (QED) is 0.490. The molecule has 0 spiro atoms. The zero-order chi connectivity index (χ0) is 19.3. The topological polar surface area (TPSA) is 68.7 Å². The van der Waals surface area contributed by atoms with E-state index in [1.165, 1.54) is 14.0 Å². The van der Waals surface area contributed by atoms with Gasteiger partial charge in [0.1, 0.15) is 12.2 Å². The summed E-state index contributed by atoms with van der Waals surface area (Å²) in [6, 6.07) is 8.20. The molecule has 0 aliphatic rings. The number of alkyl halides is 3. The van der Waals surface area contributed by atoms with E-state index in [1.54, 1.807) is 24.3 Å². The minimum Gasteiger partial charge on any atom is -0.515 e. The maximum atomic E-state index is 12.9. The van der Waals surface area contributed by atoms with E-state index in [9.17, 15) is 23.1 Å². The van der Waals surface area contributed by atoms with Gasteiger partial charge in [-0.3, -0.25) is 0 Å². The van der Waals surface area contributed by atoms with E-state index in [0.29, 0.717) is 17.4 Å². The predicted molar refractivity (Wildman–Crippen MR) is 87.4 cm³/mol. The number of aliphatic hydroxyl groups excluding tert-OH is 1. The van der Waals surface area contributed by atoms with Crippen molar-refractivity contribution in [1.29, 1.82) is 0 Å². The Morgan fingerprint density at radius 1 is 1.27 bits per heavy atom. The number of benzene rings is 1. The zero-order valence-corrected chi connectivity index (χ0v) is 14.0. The molecular weight excluding hydrogens is 351 g/mol. The first-order valence-corrected chi connectivity index (χ1v) is 7.46. The van der Waals surface area contributed by atoms with Gasteiger partial charge < -0.3 is 14.6 Å². The number of aryl methyl sites for hydroxylation is 1. The molecule has 0 atom stereocenters. The summed E-state index contributed by atoms with van der Waals surface area (Å²) in [6.07, 6.45) is -3.90. The maximum absolute atomic E-state index is 12.9. The number of nitrogens with zero attached hydrogens (tertiary/aromatic N) is 1. The molecule has 0 aliphatic carbocycles. The van der Waals surface area contributed by atoms with Crippen molar-refractivity contribution in [3.8, 4) is 5.88 Å². The number of hydrogen-bond donors (Lipinski definition) is 1. The van der Waals surface area contributed by atoms with E-state index in [-0.39, 0.29) is 23.8 Å². The van der Waals surface area contributed by atoms with Crippen molar-refractivity contribution in [2.24, 2.45) is 0 Å². The molecule has 26 heavy (non-hydrogen) atoms. The summed E-state index contributed by atoms with van der Waals surface area (Å²) in [5.74, 6) is -0.951. The SMILES string of the molecule is COC(=O)C(=CO)c1ccccc1COc1cc(C(F)(F)F)cc(C)n1. The molecule has 138 valence electrons. The summed E-state index contributed by atoms with van der Waals surface area (Å²) in [4.78, 5) is 15.7. The van der Waals surface area contributed by atoms with Gasteiger partial charge in [0.05, 0.1) is 18.9 Å². The molecule has 0 amide bonds. The second-order valence-corrected chi connectivity index (χ2v) is 5.31. The third-order valence-corrected chi connectivity index (χ3v) is 3.47. The number of halogens is 3. The summed E-state index contributed by atoms with van der Waals surface area (Å²) in [5, 5.41) is 9.31. The van der Waals surface area contributed by atoms with Gasteiger partial charge in [0.25, 0.3) is 0 Å². The number of hydrogen-bond acceptors (Lipinski definition) is 5. The lowest BCUT2D eigenvalue weighted by Gasteiger charge is -2.13. The van der Waals surface area contributed by atoms with Crippen LogP contribution < -0.4 is 4.74 Å². The molecule has 0 saturated heterocycles. The zero-order valence-electron chi connectivity index (χ0n) is 14.0. The molecule has 5 nitrogen and oxygen atoms in total. The second-order valence-electron chi connectivity index (χ2n) is 5.31. The smallest absolute Gasteiger partial charge is 0.416 e. The van der Waals surface area contributed by atoms with Gasteiger partial charge >= 0.3 is 12.1 Å². The Labute approximate surface area is 147 Å². The van der Waals surface area contributed by atoms with Gasteiger partial charge in [0, 0.05) is 11.8 Å². The fraction of sp³-hybridized carbons (Fsp3) is 0.222.